The van der Waals surface area contributed by atoms with Crippen LogP contribution < -0.4 is 10.5 Å². The average molecular weight is 338 g/mol. The number of nitrogens with zero attached hydrogens (tertiary/aromatic N) is 1. The second-order valence-corrected chi connectivity index (χ2v) is 6.71. The Morgan fingerprint density at radius 3 is 2.52 bits per heavy atom. The van der Waals surface area contributed by atoms with E-state index in [-0.39, 0.29) is 5.91 Å². The molecule has 0 aromatic heterocycles. The van der Waals surface area contributed by atoms with Gasteiger partial charge >= 0.3 is 0 Å². The van der Waals surface area contributed by atoms with Gasteiger partial charge in [0.15, 0.2) is 0 Å². The molecule has 2 atom stereocenters. The third kappa shape index (κ3) is 5.07. The van der Waals surface area contributed by atoms with Crippen LogP contribution in [0.1, 0.15) is 18.4 Å². The molecule has 1 heterocycles. The Bertz CT molecular complexity index is 660. The zero-order valence-electron chi connectivity index (χ0n) is 14.5. The van der Waals surface area contributed by atoms with Crippen molar-refractivity contribution in [2.75, 3.05) is 19.7 Å². The van der Waals surface area contributed by atoms with E-state index in [2.05, 4.69) is 0 Å². The quantitative estimate of drug-likeness (QED) is 0.881. The fourth-order valence-electron chi connectivity index (χ4n) is 3.32. The van der Waals surface area contributed by atoms with Crippen LogP contribution >= 0.6 is 0 Å². The van der Waals surface area contributed by atoms with E-state index in [0.717, 1.165) is 37.2 Å². The Morgan fingerprint density at radius 2 is 1.80 bits per heavy atom. The van der Waals surface area contributed by atoms with Crippen molar-refractivity contribution in [1.29, 1.82) is 0 Å². The minimum absolute atomic E-state index is 0.0493. The summed E-state index contributed by atoms with van der Waals surface area (Å²) in [6.45, 7) is 2.17. The van der Waals surface area contributed by atoms with Crippen molar-refractivity contribution in [2.24, 2.45) is 11.7 Å². The zero-order valence-corrected chi connectivity index (χ0v) is 14.5. The van der Waals surface area contributed by atoms with E-state index < -0.39 is 6.04 Å². The van der Waals surface area contributed by atoms with Crippen LogP contribution in [0.25, 0.3) is 0 Å². The normalized spacial score (nSPS) is 18.6. The van der Waals surface area contributed by atoms with Crippen LogP contribution in [0.4, 0.5) is 0 Å². The molecule has 132 valence electrons. The van der Waals surface area contributed by atoms with Gasteiger partial charge in [-0.25, -0.2) is 0 Å². The Hall–Kier alpha value is -2.33. The summed E-state index contributed by atoms with van der Waals surface area (Å²) >= 11 is 0. The molecule has 0 radical (unpaired) electrons. The van der Waals surface area contributed by atoms with Gasteiger partial charge in [0.2, 0.25) is 5.91 Å². The lowest BCUT2D eigenvalue weighted by atomic mass is 9.97. The highest BCUT2D eigenvalue weighted by atomic mass is 16.5. The number of carbonyl (C=O) groups excluding carboxylic acids is 1. The van der Waals surface area contributed by atoms with Crippen LogP contribution in [0.15, 0.2) is 60.7 Å². The number of nitrogens with two attached hydrogens (primary N) is 1. The molecule has 0 bridgehead atoms. The van der Waals surface area contributed by atoms with Crippen molar-refractivity contribution < 1.29 is 9.53 Å². The monoisotopic (exact) mass is 338 g/mol. The molecule has 1 aliphatic rings. The molecule has 4 nitrogen and oxygen atoms in total. The largest absolute Gasteiger partial charge is 0.493 e. The third-order valence-electron chi connectivity index (χ3n) is 4.68. The summed E-state index contributed by atoms with van der Waals surface area (Å²) in [6.07, 6.45) is 2.68. The maximum absolute atomic E-state index is 12.7. The molecule has 2 aromatic rings. The SMILES string of the molecule is N[C@@H](Cc1ccccc1)C(=O)N1CCC[C@H](COc2ccccc2)C1. The smallest absolute Gasteiger partial charge is 0.239 e. The second kappa shape index (κ2) is 8.67. The molecule has 25 heavy (non-hydrogen) atoms. The Labute approximate surface area is 149 Å². The molecule has 1 saturated heterocycles. The first-order valence-electron chi connectivity index (χ1n) is 8.98. The Kier molecular flexibility index (Phi) is 6.07. The van der Waals surface area contributed by atoms with E-state index in [1.165, 1.54) is 0 Å². The van der Waals surface area contributed by atoms with E-state index in [4.69, 9.17) is 10.5 Å². The van der Waals surface area contributed by atoms with Crippen LogP contribution in [-0.4, -0.2) is 36.5 Å². The Morgan fingerprint density at radius 1 is 1.12 bits per heavy atom. The summed E-state index contributed by atoms with van der Waals surface area (Å²) < 4.78 is 5.86. The van der Waals surface area contributed by atoms with Gasteiger partial charge in [-0.05, 0) is 37.0 Å². The van der Waals surface area contributed by atoms with E-state index in [1.807, 2.05) is 65.6 Å². The number of hydrogen-bond acceptors (Lipinski definition) is 3. The molecule has 0 spiro atoms. The standard InChI is InChI=1S/C21H26N2O2/c22-20(14-17-8-3-1-4-9-17)21(24)23-13-7-10-18(15-23)16-25-19-11-5-2-6-12-19/h1-6,8-9,11-12,18,20H,7,10,13-16,22H2/t18-,20-/m0/s1. The molecule has 0 unspecified atom stereocenters. The van der Waals surface area contributed by atoms with Gasteiger partial charge in [0.1, 0.15) is 5.75 Å². The van der Waals surface area contributed by atoms with Gasteiger partial charge in [-0.15, -0.1) is 0 Å². The van der Waals surface area contributed by atoms with Crippen molar-refractivity contribution in [3.05, 3.63) is 66.2 Å². The van der Waals surface area contributed by atoms with E-state index in [9.17, 15) is 4.79 Å². The summed E-state index contributed by atoms with van der Waals surface area (Å²) in [5.74, 6) is 1.29. The number of para-hydroxylation sites is 1. The lowest BCUT2D eigenvalue weighted by Crippen LogP contribution is -2.49. The van der Waals surface area contributed by atoms with Crippen LogP contribution in [0, 0.1) is 5.92 Å². The minimum Gasteiger partial charge on any atom is -0.493 e. The number of piperidine rings is 1. The van der Waals surface area contributed by atoms with Crippen molar-refractivity contribution in [3.63, 3.8) is 0 Å². The van der Waals surface area contributed by atoms with E-state index in [0.29, 0.717) is 18.9 Å². The first-order valence-corrected chi connectivity index (χ1v) is 8.98. The molecule has 2 aromatic carbocycles. The first-order chi connectivity index (χ1) is 12.2. The van der Waals surface area contributed by atoms with Gasteiger partial charge < -0.3 is 15.4 Å². The van der Waals surface area contributed by atoms with Crippen LogP contribution in [0.2, 0.25) is 0 Å². The van der Waals surface area contributed by atoms with Crippen molar-refractivity contribution in [2.45, 2.75) is 25.3 Å². The minimum atomic E-state index is -0.476. The number of ether oxygens (including phenoxy) is 1. The van der Waals surface area contributed by atoms with Gasteiger partial charge in [-0.3, -0.25) is 4.79 Å². The van der Waals surface area contributed by atoms with Gasteiger partial charge in [-0.1, -0.05) is 48.5 Å². The molecule has 4 heteroatoms. The fourth-order valence-corrected chi connectivity index (χ4v) is 3.32. The topological polar surface area (TPSA) is 55.6 Å². The lowest BCUT2D eigenvalue weighted by Gasteiger charge is -2.34. The maximum atomic E-state index is 12.7. The number of likely N-dealkylation sites (tertiary alicyclic amines) is 1. The Balaban J connectivity index is 1.50. The third-order valence-corrected chi connectivity index (χ3v) is 4.68. The van der Waals surface area contributed by atoms with Crippen molar-refractivity contribution in [1.82, 2.24) is 4.90 Å². The molecule has 0 aliphatic carbocycles. The zero-order chi connectivity index (χ0) is 17.5. The summed E-state index contributed by atoms with van der Waals surface area (Å²) in [6, 6.07) is 19.3. The number of amides is 1. The molecule has 2 N–H and O–H groups in total. The van der Waals surface area contributed by atoms with Gasteiger partial charge in [-0.2, -0.15) is 0 Å². The lowest BCUT2D eigenvalue weighted by molar-refractivity contribution is -0.134. The summed E-state index contributed by atoms with van der Waals surface area (Å²) in [5, 5.41) is 0. The summed E-state index contributed by atoms with van der Waals surface area (Å²) in [7, 11) is 0. The van der Waals surface area contributed by atoms with Crippen LogP contribution in [0.5, 0.6) is 5.75 Å². The average Bonchev–Trinajstić information content (AvgIpc) is 2.67. The van der Waals surface area contributed by atoms with Gasteiger partial charge in [0.25, 0.3) is 0 Å². The van der Waals surface area contributed by atoms with Gasteiger partial charge in [0, 0.05) is 19.0 Å². The number of benzene rings is 2. The maximum Gasteiger partial charge on any atom is 0.239 e. The summed E-state index contributed by atoms with van der Waals surface area (Å²) in [5.41, 5.74) is 7.27. The van der Waals surface area contributed by atoms with Crippen LogP contribution in [0.3, 0.4) is 0 Å². The van der Waals surface area contributed by atoms with Crippen LogP contribution in [-0.2, 0) is 11.2 Å². The van der Waals surface area contributed by atoms with E-state index >= 15 is 0 Å². The molecule has 3 rings (SSSR count). The molecule has 1 aliphatic heterocycles. The molecular formula is C21H26N2O2. The second-order valence-electron chi connectivity index (χ2n) is 6.71. The molecule has 0 saturated carbocycles. The number of rotatable bonds is 6. The van der Waals surface area contributed by atoms with Crippen molar-refractivity contribution >= 4 is 5.91 Å². The first kappa shape index (κ1) is 17.5. The highest BCUT2D eigenvalue weighted by molar-refractivity contribution is 5.82. The fraction of sp³-hybridized carbons (Fsp3) is 0.381. The predicted octanol–water partition coefficient (Wildman–Crippen LogP) is 2.87. The molecule has 1 amide bonds. The number of hydrogen-bond donors (Lipinski definition) is 1. The molecular weight excluding hydrogens is 312 g/mol. The van der Waals surface area contributed by atoms with Gasteiger partial charge in [0.05, 0.1) is 12.6 Å². The van der Waals surface area contributed by atoms with E-state index in [1.54, 1.807) is 0 Å². The summed E-state index contributed by atoms with van der Waals surface area (Å²) in [4.78, 5) is 14.6. The predicted molar refractivity (Wildman–Crippen MR) is 99.4 cm³/mol. The highest BCUT2D eigenvalue weighted by Crippen LogP contribution is 2.19. The molecule has 1 fully saturated rings. The van der Waals surface area contributed by atoms with Crippen molar-refractivity contribution in [3.8, 4) is 5.75 Å². The number of carbonyl (C=O) groups is 1. The highest BCUT2D eigenvalue weighted by Gasteiger charge is 2.27.